The normalized spacial score (nSPS) is 11.2. The van der Waals surface area contributed by atoms with Crippen molar-refractivity contribution in [2.45, 2.75) is 13.1 Å². The van der Waals surface area contributed by atoms with Crippen molar-refractivity contribution in [1.29, 1.82) is 0 Å². The molecule has 0 atom stereocenters. The van der Waals surface area contributed by atoms with Crippen molar-refractivity contribution in [3.8, 4) is 0 Å². The smallest absolute Gasteiger partial charge is 0.129 e. The lowest BCUT2D eigenvalue weighted by Gasteiger charge is -2.07. The van der Waals surface area contributed by atoms with Crippen LogP contribution in [-0.2, 0) is 13.1 Å². The Morgan fingerprint density at radius 3 is 2.65 bits per heavy atom. The Kier molecular flexibility index (Phi) is 3.59. The second-order valence-electron chi connectivity index (χ2n) is 4.74. The third kappa shape index (κ3) is 2.37. The van der Waals surface area contributed by atoms with Gasteiger partial charge in [-0.1, -0.05) is 40.2 Å². The summed E-state index contributed by atoms with van der Waals surface area (Å²) in [4.78, 5) is 0. The van der Waals surface area contributed by atoms with Crippen molar-refractivity contribution in [3.05, 3.63) is 70.1 Å². The number of aromatic nitrogens is 1. The molecule has 0 saturated heterocycles. The highest BCUT2D eigenvalue weighted by atomic mass is 79.9. The van der Waals surface area contributed by atoms with Gasteiger partial charge >= 0.3 is 0 Å². The van der Waals surface area contributed by atoms with Gasteiger partial charge in [-0.25, -0.2) is 4.39 Å². The van der Waals surface area contributed by atoms with Gasteiger partial charge in [-0.05, 0) is 23.8 Å². The zero-order valence-electron chi connectivity index (χ0n) is 10.8. The maximum atomic E-state index is 14.0. The van der Waals surface area contributed by atoms with E-state index in [9.17, 15) is 4.39 Å². The van der Waals surface area contributed by atoms with Crippen LogP contribution in [0.15, 0.2) is 53.1 Å². The molecule has 0 spiro atoms. The number of rotatable bonds is 3. The minimum absolute atomic E-state index is 0.202. The summed E-state index contributed by atoms with van der Waals surface area (Å²) in [5, 5.41) is 1.13. The summed E-state index contributed by atoms with van der Waals surface area (Å²) < 4.78 is 16.8. The molecule has 1 heterocycles. The van der Waals surface area contributed by atoms with Crippen LogP contribution >= 0.6 is 15.9 Å². The summed E-state index contributed by atoms with van der Waals surface area (Å²) in [7, 11) is 0. The number of nitrogens with zero attached hydrogens (tertiary/aromatic N) is 1. The Labute approximate surface area is 125 Å². The first-order valence-electron chi connectivity index (χ1n) is 6.40. The third-order valence-corrected chi connectivity index (χ3v) is 3.94. The van der Waals surface area contributed by atoms with Gasteiger partial charge in [0.1, 0.15) is 5.82 Å². The Morgan fingerprint density at radius 2 is 1.90 bits per heavy atom. The topological polar surface area (TPSA) is 30.9 Å². The van der Waals surface area contributed by atoms with Crippen LogP contribution in [0.2, 0.25) is 0 Å². The standard InChI is InChI=1S/C16H14BrFN2/c17-13-6-5-11(15(18)7-13)9-20-10-12(8-19)14-3-1-2-4-16(14)20/h1-7,10H,8-9,19H2. The molecule has 0 aliphatic carbocycles. The van der Waals surface area contributed by atoms with Crippen molar-refractivity contribution in [2.75, 3.05) is 0 Å². The van der Waals surface area contributed by atoms with E-state index in [1.54, 1.807) is 6.07 Å². The van der Waals surface area contributed by atoms with E-state index in [2.05, 4.69) is 15.9 Å². The summed E-state index contributed by atoms with van der Waals surface area (Å²) in [5.74, 6) is -0.202. The average molecular weight is 333 g/mol. The Hall–Kier alpha value is -1.65. The van der Waals surface area contributed by atoms with E-state index in [1.165, 1.54) is 6.07 Å². The molecule has 0 saturated carbocycles. The number of fused-ring (bicyclic) bond motifs is 1. The van der Waals surface area contributed by atoms with Crippen LogP contribution in [0, 0.1) is 5.82 Å². The minimum atomic E-state index is -0.202. The van der Waals surface area contributed by atoms with Crippen molar-refractivity contribution in [2.24, 2.45) is 5.73 Å². The lowest BCUT2D eigenvalue weighted by Crippen LogP contribution is -2.01. The zero-order chi connectivity index (χ0) is 14.1. The largest absolute Gasteiger partial charge is 0.343 e. The third-order valence-electron chi connectivity index (χ3n) is 3.45. The van der Waals surface area contributed by atoms with Crippen molar-refractivity contribution in [3.63, 3.8) is 0 Å². The van der Waals surface area contributed by atoms with E-state index in [-0.39, 0.29) is 5.82 Å². The number of hydrogen-bond acceptors (Lipinski definition) is 1. The van der Waals surface area contributed by atoms with Crippen molar-refractivity contribution >= 4 is 26.8 Å². The number of para-hydroxylation sites is 1. The van der Waals surface area contributed by atoms with Crippen LogP contribution in [0.4, 0.5) is 4.39 Å². The Morgan fingerprint density at radius 1 is 1.10 bits per heavy atom. The van der Waals surface area contributed by atoms with Crippen molar-refractivity contribution < 1.29 is 4.39 Å². The maximum absolute atomic E-state index is 14.0. The maximum Gasteiger partial charge on any atom is 0.129 e. The molecule has 0 aliphatic heterocycles. The summed E-state index contributed by atoms with van der Waals surface area (Å²) in [6.07, 6.45) is 2.01. The van der Waals surface area contributed by atoms with E-state index >= 15 is 0 Å². The van der Waals surface area contributed by atoms with Crippen molar-refractivity contribution in [1.82, 2.24) is 4.57 Å². The molecule has 3 aromatic rings. The van der Waals surface area contributed by atoms with Gasteiger partial charge in [0, 0.05) is 33.7 Å². The van der Waals surface area contributed by atoms with Crippen LogP contribution in [0.25, 0.3) is 10.9 Å². The summed E-state index contributed by atoms with van der Waals surface area (Å²) in [6.45, 7) is 0.982. The second kappa shape index (κ2) is 5.38. The summed E-state index contributed by atoms with van der Waals surface area (Å²) in [6, 6.07) is 13.2. The molecule has 20 heavy (non-hydrogen) atoms. The molecule has 102 valence electrons. The van der Waals surface area contributed by atoms with Crippen LogP contribution < -0.4 is 5.73 Å². The highest BCUT2D eigenvalue weighted by Crippen LogP contribution is 2.23. The molecule has 4 heteroatoms. The van der Waals surface area contributed by atoms with E-state index < -0.39 is 0 Å². The van der Waals surface area contributed by atoms with E-state index in [4.69, 9.17) is 5.73 Å². The predicted octanol–water partition coefficient (Wildman–Crippen LogP) is 4.05. The first-order chi connectivity index (χ1) is 9.69. The van der Waals surface area contributed by atoms with Crippen LogP contribution in [0.5, 0.6) is 0 Å². The fourth-order valence-electron chi connectivity index (χ4n) is 2.45. The van der Waals surface area contributed by atoms with Gasteiger partial charge in [-0.2, -0.15) is 0 Å². The first kappa shape index (κ1) is 13.3. The molecule has 0 bridgehead atoms. The predicted molar refractivity (Wildman–Crippen MR) is 83.0 cm³/mol. The summed E-state index contributed by atoms with van der Waals surface area (Å²) in [5.41, 5.74) is 8.60. The minimum Gasteiger partial charge on any atom is -0.343 e. The first-order valence-corrected chi connectivity index (χ1v) is 7.19. The molecular formula is C16H14BrFN2. The molecule has 2 nitrogen and oxygen atoms in total. The molecule has 0 amide bonds. The fraction of sp³-hybridized carbons (Fsp3) is 0.125. The Balaban J connectivity index is 2.06. The lowest BCUT2D eigenvalue weighted by atomic mass is 10.2. The van der Waals surface area contributed by atoms with Crippen LogP contribution in [0.1, 0.15) is 11.1 Å². The zero-order valence-corrected chi connectivity index (χ0v) is 12.4. The second-order valence-corrected chi connectivity index (χ2v) is 5.65. The highest BCUT2D eigenvalue weighted by molar-refractivity contribution is 9.10. The molecule has 2 aromatic carbocycles. The Bertz CT molecular complexity index is 764. The van der Waals surface area contributed by atoms with Gasteiger partial charge < -0.3 is 10.3 Å². The highest BCUT2D eigenvalue weighted by Gasteiger charge is 2.09. The number of nitrogens with two attached hydrogens (primary N) is 1. The molecule has 0 aliphatic rings. The SMILES string of the molecule is NCc1cn(Cc2ccc(Br)cc2F)c2ccccc12. The van der Waals surface area contributed by atoms with Gasteiger partial charge in [0.2, 0.25) is 0 Å². The molecule has 0 fully saturated rings. The number of hydrogen-bond donors (Lipinski definition) is 1. The van der Waals surface area contributed by atoms with Gasteiger partial charge in [0.25, 0.3) is 0 Å². The average Bonchev–Trinajstić information content (AvgIpc) is 2.80. The molecule has 3 rings (SSSR count). The van der Waals surface area contributed by atoms with Gasteiger partial charge in [0.15, 0.2) is 0 Å². The fourth-order valence-corrected chi connectivity index (χ4v) is 2.78. The van der Waals surface area contributed by atoms with Gasteiger partial charge in [0.05, 0.1) is 6.54 Å². The van der Waals surface area contributed by atoms with E-state index in [0.717, 1.165) is 20.9 Å². The van der Waals surface area contributed by atoms with E-state index in [1.807, 2.05) is 41.1 Å². The van der Waals surface area contributed by atoms with Crippen LogP contribution in [0.3, 0.4) is 0 Å². The van der Waals surface area contributed by atoms with E-state index in [0.29, 0.717) is 18.7 Å². The molecular weight excluding hydrogens is 319 g/mol. The molecule has 0 radical (unpaired) electrons. The van der Waals surface area contributed by atoms with Gasteiger partial charge in [-0.15, -0.1) is 0 Å². The monoisotopic (exact) mass is 332 g/mol. The van der Waals surface area contributed by atoms with Gasteiger partial charge in [-0.3, -0.25) is 0 Å². The molecule has 1 aromatic heterocycles. The summed E-state index contributed by atoms with van der Waals surface area (Å²) >= 11 is 3.27. The molecule has 0 unspecified atom stereocenters. The number of halogens is 2. The quantitative estimate of drug-likeness (QED) is 0.770. The number of benzene rings is 2. The molecule has 2 N–H and O–H groups in total. The van der Waals surface area contributed by atoms with Crippen LogP contribution in [-0.4, -0.2) is 4.57 Å². The lowest BCUT2D eigenvalue weighted by molar-refractivity contribution is 0.601.